The number of nitrogens with one attached hydrogen (secondary N) is 1. The average Bonchev–Trinajstić information content (AvgIpc) is 3.70. The second-order valence-electron chi connectivity index (χ2n) is 24.9. The summed E-state index contributed by atoms with van der Waals surface area (Å²) in [5, 5.41) is 14.0. The summed E-state index contributed by atoms with van der Waals surface area (Å²) in [5.41, 5.74) is 0. The molecule has 0 aliphatic heterocycles. The molecule has 0 heterocycles. The van der Waals surface area contributed by atoms with E-state index in [1.807, 2.05) is 27.2 Å². The van der Waals surface area contributed by atoms with Gasteiger partial charge in [0, 0.05) is 6.42 Å². The van der Waals surface area contributed by atoms with E-state index in [9.17, 15) is 19.4 Å². The Morgan fingerprint density at radius 2 is 0.701 bits per heavy atom. The minimum atomic E-state index is -4.38. The maximum absolute atomic E-state index is 13.1. The zero-order chi connectivity index (χ0) is 63.4. The molecule has 0 saturated heterocycles. The predicted molar refractivity (Wildman–Crippen MR) is 382 cm³/mol. The van der Waals surface area contributed by atoms with Crippen molar-refractivity contribution in [1.29, 1.82) is 0 Å². The molecule has 0 radical (unpaired) electrons. The van der Waals surface area contributed by atoms with E-state index in [-0.39, 0.29) is 19.1 Å². The van der Waals surface area contributed by atoms with E-state index in [0.29, 0.717) is 17.4 Å². The van der Waals surface area contributed by atoms with Gasteiger partial charge in [-0.15, -0.1) is 0 Å². The molecular formula is C78H136N2O6P+. The van der Waals surface area contributed by atoms with E-state index >= 15 is 0 Å². The quantitative estimate of drug-likeness (QED) is 0.0243. The third-order valence-corrected chi connectivity index (χ3v) is 16.3. The molecule has 8 nitrogen and oxygen atoms in total. The number of nitrogens with zero attached hydrogens (tertiary/aromatic N) is 1. The van der Waals surface area contributed by atoms with Crippen molar-refractivity contribution in [3.05, 3.63) is 146 Å². The van der Waals surface area contributed by atoms with Gasteiger partial charge in [0.1, 0.15) is 13.2 Å². The Kier molecular flexibility index (Phi) is 64.0. The van der Waals surface area contributed by atoms with Gasteiger partial charge in [0.15, 0.2) is 0 Å². The molecule has 0 bridgehead atoms. The van der Waals surface area contributed by atoms with Crippen molar-refractivity contribution in [2.45, 2.75) is 302 Å². The van der Waals surface area contributed by atoms with Gasteiger partial charge in [-0.1, -0.05) is 320 Å². The van der Waals surface area contributed by atoms with Gasteiger partial charge in [0.2, 0.25) is 5.91 Å². The Morgan fingerprint density at radius 3 is 1.06 bits per heavy atom. The zero-order valence-corrected chi connectivity index (χ0v) is 57.9. The molecule has 0 aliphatic carbocycles. The number of carbonyl (C=O) groups is 1. The number of allylic oxidation sites excluding steroid dienone is 23. The predicted octanol–water partition coefficient (Wildman–Crippen LogP) is 23.2. The fourth-order valence-electron chi connectivity index (χ4n) is 9.79. The van der Waals surface area contributed by atoms with Crippen molar-refractivity contribution in [2.75, 3.05) is 40.9 Å². The largest absolute Gasteiger partial charge is 0.472 e. The number of amides is 1. The van der Waals surface area contributed by atoms with E-state index in [4.69, 9.17) is 9.05 Å². The summed E-state index contributed by atoms with van der Waals surface area (Å²) in [6.07, 6.45) is 103. The maximum atomic E-state index is 13.1. The van der Waals surface area contributed by atoms with Gasteiger partial charge < -0.3 is 19.8 Å². The monoisotopic (exact) mass is 1230 g/mol. The van der Waals surface area contributed by atoms with Crippen LogP contribution in [0.5, 0.6) is 0 Å². The van der Waals surface area contributed by atoms with Crippen LogP contribution in [-0.2, 0) is 18.4 Å². The van der Waals surface area contributed by atoms with Crippen LogP contribution in [-0.4, -0.2) is 73.4 Å². The van der Waals surface area contributed by atoms with E-state index < -0.39 is 20.0 Å². The Labute approximate surface area is 538 Å². The molecule has 1 amide bonds. The van der Waals surface area contributed by atoms with Crippen LogP contribution < -0.4 is 5.32 Å². The lowest BCUT2D eigenvalue weighted by atomic mass is 10.0. The zero-order valence-electron chi connectivity index (χ0n) is 57.0. The number of hydrogen-bond acceptors (Lipinski definition) is 5. The number of phosphoric acid groups is 1. The first-order valence-electron chi connectivity index (χ1n) is 35.7. The summed E-state index contributed by atoms with van der Waals surface area (Å²) in [7, 11) is 1.53. The normalized spacial score (nSPS) is 14.5. The molecule has 0 aliphatic rings. The number of carbonyl (C=O) groups excluding carboxylic acids is 1. The fourth-order valence-corrected chi connectivity index (χ4v) is 10.5. The number of quaternary nitrogens is 1. The molecule has 0 rings (SSSR count). The SMILES string of the molecule is CC/C=C\C/C=C\C/C=C\C/C=C\C/C=C\C/C=C\C/C=C\C/C=C\C/C=C\C/C=C\CCCCCCCCC(=O)NC(COP(=O)(O)OCC[N+](C)(C)C)C(O)/C=C/CC/C=C/CCCCCCCCCCCCCCCCCCCCCCCC. The number of likely N-dealkylation sites (N-methyl/N-ethyl adjacent to an activating group) is 1. The number of hydrogen-bond donors (Lipinski definition) is 3. The second-order valence-corrected chi connectivity index (χ2v) is 26.3. The lowest BCUT2D eigenvalue weighted by molar-refractivity contribution is -0.870. The number of aliphatic hydroxyl groups excluding tert-OH is 1. The number of rotatable bonds is 64. The fraction of sp³-hybridized carbons (Fsp3) is 0.679. The Balaban J connectivity index is 4.21. The second kappa shape index (κ2) is 66.8. The van der Waals surface area contributed by atoms with Gasteiger partial charge in [-0.05, 0) is 109 Å². The summed E-state index contributed by atoms with van der Waals surface area (Å²) in [6.45, 7) is 4.68. The van der Waals surface area contributed by atoms with Crippen LogP contribution in [0, 0.1) is 0 Å². The molecule has 0 aromatic rings. The topological polar surface area (TPSA) is 105 Å². The summed E-state index contributed by atoms with van der Waals surface area (Å²) in [4.78, 5) is 23.4. The summed E-state index contributed by atoms with van der Waals surface area (Å²) < 4.78 is 23.8. The lowest BCUT2D eigenvalue weighted by Crippen LogP contribution is -2.45. The van der Waals surface area contributed by atoms with Gasteiger partial charge in [0.25, 0.3) is 0 Å². The molecular weight excluding hydrogens is 1090 g/mol. The van der Waals surface area contributed by atoms with Gasteiger partial charge in [-0.2, -0.15) is 0 Å². The van der Waals surface area contributed by atoms with E-state index in [1.54, 1.807) is 6.08 Å². The number of phosphoric ester groups is 1. The lowest BCUT2D eigenvalue weighted by Gasteiger charge is -2.25. The molecule has 498 valence electrons. The highest BCUT2D eigenvalue weighted by atomic mass is 31.2. The van der Waals surface area contributed by atoms with Gasteiger partial charge in [0.05, 0.1) is 39.9 Å². The highest BCUT2D eigenvalue weighted by Gasteiger charge is 2.28. The van der Waals surface area contributed by atoms with Gasteiger partial charge >= 0.3 is 7.82 Å². The highest BCUT2D eigenvalue weighted by Crippen LogP contribution is 2.43. The van der Waals surface area contributed by atoms with Crippen molar-refractivity contribution in [1.82, 2.24) is 5.32 Å². The van der Waals surface area contributed by atoms with E-state index in [1.165, 1.54) is 148 Å². The average molecular weight is 1230 g/mol. The standard InChI is InChI=1S/C78H135N2O6P/c1-6-8-10-12-14-16-18-20-22-24-26-28-30-32-34-36-37-38-39-40-41-42-43-44-46-48-50-52-54-56-58-60-62-64-66-68-70-72-78(82)79-76(75-86-87(83,84)85-74-73-80(3,4)5)77(81)71-69-67-65-63-61-59-57-55-53-51-49-47-45-35-33-31-29-27-25-23-21-19-17-15-13-11-9-7-2/h8,10,14,16,20,22,26,28,32,34,37-38,40-41,43-44,48,50,54,56,61,63,69,71,76-77,81H,6-7,9,11-13,15,17-19,21,23-25,27,29-31,33,35-36,39,42,45-47,49,51-53,55,57-60,62,64-68,70,72-75H2,1-5H3,(H-,79,82,83,84)/p+1/b10-8-,16-14-,22-20-,28-26-,34-32-,38-37-,41-40-,44-43-,50-48-,56-54-,63-61+,71-69+. The van der Waals surface area contributed by atoms with Crippen LogP contribution >= 0.6 is 7.82 Å². The Morgan fingerprint density at radius 1 is 0.402 bits per heavy atom. The van der Waals surface area contributed by atoms with Crippen molar-refractivity contribution in [3.8, 4) is 0 Å². The molecule has 3 atom stereocenters. The van der Waals surface area contributed by atoms with Crippen molar-refractivity contribution >= 4 is 13.7 Å². The first-order chi connectivity index (χ1) is 42.5. The Hall–Kier alpha value is -3.62. The molecule has 0 aromatic carbocycles. The van der Waals surface area contributed by atoms with Crippen molar-refractivity contribution in [2.24, 2.45) is 0 Å². The molecule has 0 saturated carbocycles. The molecule has 9 heteroatoms. The highest BCUT2D eigenvalue weighted by molar-refractivity contribution is 7.47. The summed E-state index contributed by atoms with van der Waals surface area (Å²) >= 11 is 0. The minimum Gasteiger partial charge on any atom is -0.387 e. The molecule has 0 fully saturated rings. The summed E-state index contributed by atoms with van der Waals surface area (Å²) in [6, 6.07) is -0.885. The third-order valence-electron chi connectivity index (χ3n) is 15.3. The number of unbranched alkanes of at least 4 members (excludes halogenated alkanes) is 29. The first kappa shape index (κ1) is 83.4. The van der Waals surface area contributed by atoms with Crippen LogP contribution in [0.25, 0.3) is 0 Å². The first-order valence-corrected chi connectivity index (χ1v) is 37.2. The maximum Gasteiger partial charge on any atom is 0.472 e. The van der Waals surface area contributed by atoms with Crippen LogP contribution in [0.2, 0.25) is 0 Å². The van der Waals surface area contributed by atoms with Crippen molar-refractivity contribution < 1.29 is 32.9 Å². The Bertz CT molecular complexity index is 1930. The minimum absolute atomic E-state index is 0.0457. The smallest absolute Gasteiger partial charge is 0.387 e. The van der Waals surface area contributed by atoms with Crippen LogP contribution in [0.15, 0.2) is 146 Å². The van der Waals surface area contributed by atoms with E-state index in [2.05, 4.69) is 153 Å². The van der Waals surface area contributed by atoms with Gasteiger partial charge in [-0.25, -0.2) is 4.57 Å². The number of aliphatic hydroxyl groups is 1. The van der Waals surface area contributed by atoms with Crippen LogP contribution in [0.1, 0.15) is 290 Å². The van der Waals surface area contributed by atoms with E-state index in [0.717, 1.165) is 122 Å². The third kappa shape index (κ3) is 69.7. The molecule has 87 heavy (non-hydrogen) atoms. The molecule has 3 unspecified atom stereocenters. The molecule has 0 aromatic heterocycles. The molecule has 0 spiro atoms. The van der Waals surface area contributed by atoms with Crippen molar-refractivity contribution in [3.63, 3.8) is 0 Å². The molecule has 3 N–H and O–H groups in total. The van der Waals surface area contributed by atoms with Crippen LogP contribution in [0.4, 0.5) is 0 Å². The van der Waals surface area contributed by atoms with Crippen LogP contribution in [0.3, 0.4) is 0 Å². The van der Waals surface area contributed by atoms with Gasteiger partial charge in [-0.3, -0.25) is 13.8 Å². The summed E-state index contributed by atoms with van der Waals surface area (Å²) in [5.74, 6) is -0.205.